The molecule has 4 rings (SSSR count). The molecule has 0 aliphatic carbocycles. The van der Waals surface area contributed by atoms with Crippen molar-refractivity contribution in [3.8, 4) is 11.5 Å². The highest BCUT2D eigenvalue weighted by atomic mass is 35.5. The van der Waals surface area contributed by atoms with Crippen LogP contribution in [0.5, 0.6) is 11.5 Å². The molecular weight excluding hydrogens is 466 g/mol. The molecule has 35 heavy (non-hydrogen) atoms. The molecule has 180 valence electrons. The summed E-state index contributed by atoms with van der Waals surface area (Å²) in [5.74, 6) is -0.453. The third-order valence-electron chi connectivity index (χ3n) is 6.15. The second-order valence-corrected chi connectivity index (χ2v) is 8.73. The van der Waals surface area contributed by atoms with E-state index in [0.717, 1.165) is 11.1 Å². The molecule has 0 saturated carbocycles. The molecule has 1 heterocycles. The number of hydrogen-bond donors (Lipinski definition) is 1. The van der Waals surface area contributed by atoms with Crippen LogP contribution < -0.4 is 9.47 Å². The van der Waals surface area contributed by atoms with Gasteiger partial charge >= 0.3 is 0 Å². The normalized spacial score (nSPS) is 17.0. The van der Waals surface area contributed by atoms with E-state index in [1.54, 1.807) is 56.7 Å². The van der Waals surface area contributed by atoms with Crippen LogP contribution >= 0.6 is 11.6 Å². The summed E-state index contributed by atoms with van der Waals surface area (Å²) < 4.78 is 10.7. The van der Waals surface area contributed by atoms with Gasteiger partial charge in [-0.2, -0.15) is 0 Å². The van der Waals surface area contributed by atoms with Crippen molar-refractivity contribution in [3.63, 3.8) is 0 Å². The number of ketones is 1. The second-order valence-electron chi connectivity index (χ2n) is 8.32. The number of nitrogens with zero attached hydrogens (tertiary/aromatic N) is 1. The lowest BCUT2D eigenvalue weighted by Gasteiger charge is -2.26. The number of ether oxygens (including phenoxy) is 2. The first-order chi connectivity index (χ1) is 16.8. The molecule has 1 fully saturated rings. The predicted octanol–water partition coefficient (Wildman–Crippen LogP) is 5.33. The van der Waals surface area contributed by atoms with Crippen molar-refractivity contribution in [3.05, 3.63) is 99.6 Å². The SMILES string of the molecule is COc1ccc(CCN2C(=O)C(=O)C(=C(O)c3ccc(C)cc3)[C@H]2c2ccccc2Cl)cc1OC. The van der Waals surface area contributed by atoms with Gasteiger partial charge in [-0.3, -0.25) is 9.59 Å². The van der Waals surface area contributed by atoms with E-state index < -0.39 is 17.7 Å². The molecule has 1 N–H and O–H groups in total. The van der Waals surface area contributed by atoms with Crippen molar-refractivity contribution < 1.29 is 24.2 Å². The number of halogens is 1. The fourth-order valence-electron chi connectivity index (χ4n) is 4.28. The fourth-order valence-corrected chi connectivity index (χ4v) is 4.52. The number of rotatable bonds is 7. The van der Waals surface area contributed by atoms with Crippen LogP contribution in [0.1, 0.15) is 28.3 Å². The zero-order valence-corrected chi connectivity index (χ0v) is 20.5. The molecule has 0 radical (unpaired) electrons. The third kappa shape index (κ3) is 4.75. The van der Waals surface area contributed by atoms with E-state index in [2.05, 4.69) is 0 Å². The number of methoxy groups -OCH3 is 2. The van der Waals surface area contributed by atoms with Crippen LogP contribution in [-0.2, 0) is 16.0 Å². The first-order valence-corrected chi connectivity index (χ1v) is 11.5. The monoisotopic (exact) mass is 491 g/mol. The van der Waals surface area contributed by atoms with Gasteiger partial charge in [-0.1, -0.05) is 65.7 Å². The topological polar surface area (TPSA) is 76.1 Å². The average Bonchev–Trinajstić information content (AvgIpc) is 3.12. The van der Waals surface area contributed by atoms with Crippen LogP contribution in [0, 0.1) is 6.92 Å². The first kappa shape index (κ1) is 24.4. The van der Waals surface area contributed by atoms with Gasteiger partial charge in [0.05, 0.1) is 25.8 Å². The number of amides is 1. The minimum Gasteiger partial charge on any atom is -0.507 e. The summed E-state index contributed by atoms with van der Waals surface area (Å²) in [5, 5.41) is 11.6. The van der Waals surface area contributed by atoms with Gasteiger partial charge in [0.1, 0.15) is 5.76 Å². The average molecular weight is 492 g/mol. The van der Waals surface area contributed by atoms with Crippen molar-refractivity contribution in [2.75, 3.05) is 20.8 Å². The van der Waals surface area contributed by atoms with Crippen LogP contribution in [0.15, 0.2) is 72.3 Å². The summed E-state index contributed by atoms with van der Waals surface area (Å²) in [5.41, 5.74) is 2.99. The third-order valence-corrected chi connectivity index (χ3v) is 6.50. The minimum absolute atomic E-state index is 0.0271. The standard InChI is InChI=1S/C28H26ClNO5/c1-17-8-11-19(12-9-17)26(31)24-25(20-6-4-5-7-21(20)29)30(28(33)27(24)32)15-14-18-10-13-22(34-2)23(16-18)35-3/h4-13,16,25,31H,14-15H2,1-3H3/t25-/m1/s1. The highest BCUT2D eigenvalue weighted by Crippen LogP contribution is 2.42. The Balaban J connectivity index is 1.75. The number of Topliss-reactive ketones (excluding diaryl/α,β-unsaturated/α-hetero) is 1. The Morgan fingerprint density at radius 3 is 2.31 bits per heavy atom. The maximum atomic E-state index is 13.2. The van der Waals surface area contributed by atoms with E-state index in [-0.39, 0.29) is 17.9 Å². The summed E-state index contributed by atoms with van der Waals surface area (Å²) in [4.78, 5) is 27.9. The van der Waals surface area contributed by atoms with E-state index in [0.29, 0.717) is 34.1 Å². The Morgan fingerprint density at radius 2 is 1.66 bits per heavy atom. The first-order valence-electron chi connectivity index (χ1n) is 11.2. The van der Waals surface area contributed by atoms with Crippen LogP contribution in [0.4, 0.5) is 0 Å². The molecule has 3 aromatic rings. The van der Waals surface area contributed by atoms with E-state index in [9.17, 15) is 14.7 Å². The Morgan fingerprint density at radius 1 is 0.971 bits per heavy atom. The van der Waals surface area contributed by atoms with E-state index in [4.69, 9.17) is 21.1 Å². The van der Waals surface area contributed by atoms with Crippen molar-refractivity contribution in [2.24, 2.45) is 0 Å². The number of hydrogen-bond acceptors (Lipinski definition) is 5. The molecule has 1 aliphatic rings. The number of carbonyl (C=O) groups excluding carboxylic acids is 2. The number of aryl methyl sites for hydroxylation is 1. The van der Waals surface area contributed by atoms with Gasteiger partial charge in [0.15, 0.2) is 11.5 Å². The molecule has 0 unspecified atom stereocenters. The number of carbonyl (C=O) groups is 2. The molecule has 3 aromatic carbocycles. The van der Waals surface area contributed by atoms with Gasteiger partial charge < -0.3 is 19.5 Å². The molecule has 7 heteroatoms. The molecule has 6 nitrogen and oxygen atoms in total. The molecule has 0 spiro atoms. The van der Waals surface area contributed by atoms with Crippen molar-refractivity contribution in [2.45, 2.75) is 19.4 Å². The lowest BCUT2D eigenvalue weighted by atomic mass is 9.95. The second kappa shape index (κ2) is 10.2. The molecular formula is C28H26ClNO5. The molecule has 1 amide bonds. The maximum absolute atomic E-state index is 13.2. The molecule has 1 atom stereocenters. The van der Waals surface area contributed by atoms with Crippen LogP contribution in [0.3, 0.4) is 0 Å². The molecule has 0 bridgehead atoms. The summed E-state index contributed by atoms with van der Waals surface area (Å²) in [7, 11) is 3.12. The minimum atomic E-state index is -0.815. The Kier molecular flexibility index (Phi) is 7.12. The molecule has 1 saturated heterocycles. The van der Waals surface area contributed by atoms with Crippen LogP contribution in [0.25, 0.3) is 5.76 Å². The number of aliphatic hydroxyl groups excluding tert-OH is 1. The Bertz CT molecular complexity index is 1300. The lowest BCUT2D eigenvalue weighted by molar-refractivity contribution is -0.139. The summed E-state index contributed by atoms with van der Waals surface area (Å²) in [6, 6.07) is 18.9. The number of likely N-dealkylation sites (tertiary alicyclic amines) is 1. The largest absolute Gasteiger partial charge is 0.507 e. The van der Waals surface area contributed by atoms with Gasteiger partial charge in [-0.25, -0.2) is 0 Å². The lowest BCUT2D eigenvalue weighted by Crippen LogP contribution is -2.31. The number of benzene rings is 3. The van der Waals surface area contributed by atoms with E-state index >= 15 is 0 Å². The van der Waals surface area contributed by atoms with Crippen molar-refractivity contribution in [1.82, 2.24) is 4.90 Å². The van der Waals surface area contributed by atoms with E-state index in [1.807, 2.05) is 31.2 Å². The molecule has 0 aromatic heterocycles. The highest BCUT2D eigenvalue weighted by molar-refractivity contribution is 6.47. The zero-order chi connectivity index (χ0) is 25.1. The smallest absolute Gasteiger partial charge is 0.295 e. The molecule has 1 aliphatic heterocycles. The fraction of sp³-hybridized carbons (Fsp3) is 0.214. The highest BCUT2D eigenvalue weighted by Gasteiger charge is 2.46. The van der Waals surface area contributed by atoms with Gasteiger partial charge in [0, 0.05) is 17.1 Å². The van der Waals surface area contributed by atoms with Gasteiger partial charge in [0.2, 0.25) is 0 Å². The van der Waals surface area contributed by atoms with Gasteiger partial charge in [-0.15, -0.1) is 0 Å². The summed E-state index contributed by atoms with van der Waals surface area (Å²) in [6.45, 7) is 2.17. The predicted molar refractivity (Wildman–Crippen MR) is 135 cm³/mol. The quantitative estimate of drug-likeness (QED) is 0.274. The van der Waals surface area contributed by atoms with Gasteiger partial charge in [-0.05, 0) is 42.7 Å². The zero-order valence-electron chi connectivity index (χ0n) is 19.7. The number of aliphatic hydroxyl groups is 1. The van der Waals surface area contributed by atoms with Crippen molar-refractivity contribution >= 4 is 29.1 Å². The summed E-state index contributed by atoms with van der Waals surface area (Å²) >= 11 is 6.51. The Labute approximate surface area is 209 Å². The van der Waals surface area contributed by atoms with E-state index in [1.165, 1.54) is 4.90 Å². The van der Waals surface area contributed by atoms with Gasteiger partial charge in [0.25, 0.3) is 11.7 Å². The summed E-state index contributed by atoms with van der Waals surface area (Å²) in [6.07, 6.45) is 0.457. The maximum Gasteiger partial charge on any atom is 0.295 e. The van der Waals surface area contributed by atoms with Crippen LogP contribution in [0.2, 0.25) is 5.02 Å². The van der Waals surface area contributed by atoms with Crippen LogP contribution in [-0.4, -0.2) is 42.5 Å². The Hall–Kier alpha value is -3.77. The van der Waals surface area contributed by atoms with Crippen molar-refractivity contribution in [1.29, 1.82) is 0 Å².